The van der Waals surface area contributed by atoms with Crippen molar-refractivity contribution in [2.24, 2.45) is 5.92 Å². The van der Waals surface area contributed by atoms with Gasteiger partial charge in [-0.05, 0) is 43.5 Å². The third-order valence-electron chi connectivity index (χ3n) is 3.84. The smallest absolute Gasteiger partial charge is 0.124 e. The summed E-state index contributed by atoms with van der Waals surface area (Å²) in [6.45, 7) is 3.18. The largest absolute Gasteiger partial charge is 0.497 e. The SMILES string of the molecule is COc1ccc(OC)c(C(O)C2CC(C)CCN2)c1. The van der Waals surface area contributed by atoms with Crippen LogP contribution in [0.4, 0.5) is 0 Å². The number of hydrogen-bond acceptors (Lipinski definition) is 4. The van der Waals surface area contributed by atoms with Gasteiger partial charge in [-0.2, -0.15) is 0 Å². The van der Waals surface area contributed by atoms with Gasteiger partial charge in [-0.1, -0.05) is 6.92 Å². The van der Waals surface area contributed by atoms with E-state index in [4.69, 9.17) is 9.47 Å². The molecule has 2 N–H and O–H groups in total. The summed E-state index contributed by atoms with van der Waals surface area (Å²) < 4.78 is 10.6. The summed E-state index contributed by atoms with van der Waals surface area (Å²) in [5, 5.41) is 14.0. The average Bonchev–Trinajstić information content (AvgIpc) is 2.45. The first-order valence-electron chi connectivity index (χ1n) is 6.79. The quantitative estimate of drug-likeness (QED) is 0.875. The summed E-state index contributed by atoms with van der Waals surface area (Å²) in [6.07, 6.45) is 1.56. The summed E-state index contributed by atoms with van der Waals surface area (Å²) in [5.74, 6) is 2.07. The number of methoxy groups -OCH3 is 2. The van der Waals surface area contributed by atoms with Crippen LogP contribution in [0.1, 0.15) is 31.4 Å². The molecule has 0 bridgehead atoms. The molecule has 1 aromatic rings. The second-order valence-electron chi connectivity index (χ2n) is 5.24. The number of nitrogens with one attached hydrogen (secondary N) is 1. The molecule has 0 radical (unpaired) electrons. The van der Waals surface area contributed by atoms with Gasteiger partial charge in [0.2, 0.25) is 0 Å². The van der Waals surface area contributed by atoms with Gasteiger partial charge in [0.05, 0.1) is 20.3 Å². The van der Waals surface area contributed by atoms with Crippen LogP contribution in [0, 0.1) is 5.92 Å². The number of hydrogen-bond donors (Lipinski definition) is 2. The Bertz CT molecular complexity index is 422. The van der Waals surface area contributed by atoms with Crippen LogP contribution in [0.3, 0.4) is 0 Å². The number of benzene rings is 1. The fraction of sp³-hybridized carbons (Fsp3) is 0.600. The zero-order valence-corrected chi connectivity index (χ0v) is 11.8. The minimum absolute atomic E-state index is 0.0738. The fourth-order valence-corrected chi connectivity index (χ4v) is 2.68. The van der Waals surface area contributed by atoms with Gasteiger partial charge >= 0.3 is 0 Å². The van der Waals surface area contributed by atoms with Gasteiger partial charge in [0.15, 0.2) is 0 Å². The van der Waals surface area contributed by atoms with Crippen molar-refractivity contribution in [2.45, 2.75) is 31.9 Å². The molecule has 2 rings (SSSR count). The van der Waals surface area contributed by atoms with Crippen LogP contribution in [0.15, 0.2) is 18.2 Å². The van der Waals surface area contributed by atoms with E-state index in [0.717, 1.165) is 24.3 Å². The Morgan fingerprint density at radius 3 is 2.74 bits per heavy atom. The highest BCUT2D eigenvalue weighted by Crippen LogP contribution is 2.33. The van der Waals surface area contributed by atoms with E-state index < -0.39 is 6.10 Å². The summed E-state index contributed by atoms with van der Waals surface area (Å²) in [6, 6.07) is 5.60. The second-order valence-corrected chi connectivity index (χ2v) is 5.24. The van der Waals surface area contributed by atoms with E-state index >= 15 is 0 Å². The molecule has 4 heteroatoms. The molecule has 1 aliphatic heterocycles. The molecule has 0 amide bonds. The monoisotopic (exact) mass is 265 g/mol. The first-order valence-corrected chi connectivity index (χ1v) is 6.79. The molecular formula is C15H23NO3. The normalized spacial score (nSPS) is 24.8. The van der Waals surface area contributed by atoms with Crippen molar-refractivity contribution >= 4 is 0 Å². The molecule has 0 aromatic heterocycles. The van der Waals surface area contributed by atoms with Gasteiger partial charge in [-0.3, -0.25) is 0 Å². The minimum atomic E-state index is -0.576. The second kappa shape index (κ2) is 6.26. The van der Waals surface area contributed by atoms with Crippen molar-refractivity contribution < 1.29 is 14.6 Å². The van der Waals surface area contributed by atoms with Crippen LogP contribution in [-0.2, 0) is 0 Å². The lowest BCUT2D eigenvalue weighted by Crippen LogP contribution is -2.41. The maximum atomic E-state index is 10.6. The predicted octanol–water partition coefficient (Wildman–Crippen LogP) is 2.13. The molecule has 3 atom stereocenters. The van der Waals surface area contributed by atoms with Crippen molar-refractivity contribution in [3.63, 3.8) is 0 Å². The molecule has 106 valence electrons. The van der Waals surface area contributed by atoms with E-state index in [1.54, 1.807) is 14.2 Å². The lowest BCUT2D eigenvalue weighted by Gasteiger charge is -2.32. The van der Waals surface area contributed by atoms with Gasteiger partial charge in [-0.15, -0.1) is 0 Å². The van der Waals surface area contributed by atoms with Crippen molar-refractivity contribution in [1.29, 1.82) is 0 Å². The van der Waals surface area contributed by atoms with Crippen molar-refractivity contribution in [1.82, 2.24) is 5.32 Å². The van der Waals surface area contributed by atoms with Gasteiger partial charge in [0.1, 0.15) is 11.5 Å². The molecule has 3 unspecified atom stereocenters. The van der Waals surface area contributed by atoms with Crippen molar-refractivity contribution in [3.8, 4) is 11.5 Å². The van der Waals surface area contributed by atoms with E-state index in [1.165, 1.54) is 6.42 Å². The third-order valence-corrected chi connectivity index (χ3v) is 3.84. The summed E-state index contributed by atoms with van der Waals surface area (Å²) >= 11 is 0. The summed E-state index contributed by atoms with van der Waals surface area (Å²) in [5.41, 5.74) is 0.786. The fourth-order valence-electron chi connectivity index (χ4n) is 2.68. The Morgan fingerprint density at radius 1 is 1.32 bits per heavy atom. The topological polar surface area (TPSA) is 50.7 Å². The lowest BCUT2D eigenvalue weighted by atomic mass is 9.88. The average molecular weight is 265 g/mol. The molecule has 1 heterocycles. The van der Waals surface area contributed by atoms with E-state index in [0.29, 0.717) is 11.7 Å². The van der Waals surface area contributed by atoms with Crippen LogP contribution < -0.4 is 14.8 Å². The molecule has 4 nitrogen and oxygen atoms in total. The molecule has 1 aliphatic rings. The number of ether oxygens (including phenoxy) is 2. The zero-order chi connectivity index (χ0) is 13.8. The molecule has 1 saturated heterocycles. The van der Waals surface area contributed by atoms with E-state index in [9.17, 15) is 5.11 Å². The first kappa shape index (κ1) is 14.2. The molecule has 0 spiro atoms. The molecule has 1 fully saturated rings. The number of rotatable bonds is 4. The van der Waals surface area contributed by atoms with Crippen LogP contribution in [0.25, 0.3) is 0 Å². The highest BCUT2D eigenvalue weighted by Gasteiger charge is 2.28. The van der Waals surface area contributed by atoms with Gasteiger partial charge in [0.25, 0.3) is 0 Å². The molecular weight excluding hydrogens is 242 g/mol. The van der Waals surface area contributed by atoms with E-state index in [1.807, 2.05) is 18.2 Å². The molecule has 1 aromatic carbocycles. The van der Waals surface area contributed by atoms with Gasteiger partial charge in [0, 0.05) is 11.6 Å². The number of aliphatic hydroxyl groups is 1. The first-order chi connectivity index (χ1) is 9.15. The summed E-state index contributed by atoms with van der Waals surface area (Å²) in [4.78, 5) is 0. The Kier molecular flexibility index (Phi) is 4.66. The van der Waals surface area contributed by atoms with Gasteiger partial charge in [-0.25, -0.2) is 0 Å². The van der Waals surface area contributed by atoms with Gasteiger partial charge < -0.3 is 19.9 Å². The molecule has 19 heavy (non-hydrogen) atoms. The van der Waals surface area contributed by atoms with Crippen LogP contribution in [0.2, 0.25) is 0 Å². The predicted molar refractivity (Wildman–Crippen MR) is 74.7 cm³/mol. The lowest BCUT2D eigenvalue weighted by molar-refractivity contribution is 0.0987. The number of aliphatic hydroxyl groups excluding tert-OH is 1. The third kappa shape index (κ3) is 3.19. The highest BCUT2D eigenvalue weighted by atomic mass is 16.5. The number of piperidine rings is 1. The highest BCUT2D eigenvalue weighted by molar-refractivity contribution is 5.42. The standard InChI is InChI=1S/C15H23NO3/c1-10-6-7-16-13(8-10)15(17)12-9-11(18-2)4-5-14(12)19-3/h4-5,9-10,13,15-17H,6-8H2,1-3H3. The minimum Gasteiger partial charge on any atom is -0.497 e. The van der Waals surface area contributed by atoms with Crippen molar-refractivity contribution in [3.05, 3.63) is 23.8 Å². The summed E-state index contributed by atoms with van der Waals surface area (Å²) in [7, 11) is 3.24. The maximum Gasteiger partial charge on any atom is 0.124 e. The Hall–Kier alpha value is -1.26. The van der Waals surface area contributed by atoms with Crippen molar-refractivity contribution in [2.75, 3.05) is 20.8 Å². The van der Waals surface area contributed by atoms with Crippen LogP contribution >= 0.6 is 0 Å². The zero-order valence-electron chi connectivity index (χ0n) is 11.8. The van der Waals surface area contributed by atoms with E-state index in [-0.39, 0.29) is 6.04 Å². The Balaban J connectivity index is 2.23. The molecule has 0 saturated carbocycles. The van der Waals surface area contributed by atoms with Crippen LogP contribution in [-0.4, -0.2) is 31.9 Å². The Labute approximate surface area is 114 Å². The van der Waals surface area contributed by atoms with Crippen LogP contribution in [0.5, 0.6) is 11.5 Å². The Morgan fingerprint density at radius 2 is 2.11 bits per heavy atom. The van der Waals surface area contributed by atoms with E-state index in [2.05, 4.69) is 12.2 Å². The molecule has 0 aliphatic carbocycles. The maximum absolute atomic E-state index is 10.6.